The Hall–Kier alpha value is -1.66. The van der Waals surface area contributed by atoms with Crippen molar-refractivity contribution in [1.82, 2.24) is 0 Å². The fourth-order valence-electron chi connectivity index (χ4n) is 0.810. The monoisotopic (exact) mass is 274 g/mol. The van der Waals surface area contributed by atoms with Gasteiger partial charge in [0.05, 0.1) is 14.2 Å². The van der Waals surface area contributed by atoms with Gasteiger partial charge in [-0.2, -0.15) is 9.78 Å². The number of carbonyl (C=O) groups excluding carboxylic acids is 2. The normalized spacial score (nSPS) is 10.1. The topological polar surface area (TPSA) is 71.1 Å². The molecule has 0 aromatic heterocycles. The molecule has 0 fully saturated rings. The van der Waals surface area contributed by atoms with Crippen LogP contribution in [0.4, 0.5) is 0 Å². The summed E-state index contributed by atoms with van der Waals surface area (Å²) >= 11 is 0. The molecule has 0 unspecified atom stereocenters. The summed E-state index contributed by atoms with van der Waals surface area (Å²) in [6, 6.07) is 0. The van der Waals surface area contributed by atoms with E-state index >= 15 is 0 Å². The van der Waals surface area contributed by atoms with Gasteiger partial charge in [0.15, 0.2) is 0 Å². The second-order valence-corrected chi connectivity index (χ2v) is 3.33. The Morgan fingerprint density at radius 1 is 1.05 bits per heavy atom. The first-order valence-electron chi connectivity index (χ1n) is 5.78. The van der Waals surface area contributed by atoms with Crippen molar-refractivity contribution in [3.63, 3.8) is 0 Å². The molecule has 0 amide bonds. The van der Waals surface area contributed by atoms with Gasteiger partial charge in [-0.3, -0.25) is 9.78 Å². The SMILES string of the molecule is C=C(CC)C(=O)OOC.CCC=C(C)C(=O)OOC. The maximum Gasteiger partial charge on any atom is 0.368 e. The van der Waals surface area contributed by atoms with Gasteiger partial charge in [0.2, 0.25) is 0 Å². The molecule has 0 saturated carbocycles. The van der Waals surface area contributed by atoms with Crippen molar-refractivity contribution in [1.29, 1.82) is 0 Å². The largest absolute Gasteiger partial charge is 0.368 e. The Labute approximate surface area is 113 Å². The smallest absolute Gasteiger partial charge is 0.294 e. The summed E-state index contributed by atoms with van der Waals surface area (Å²) in [5.41, 5.74) is 0.987. The lowest BCUT2D eigenvalue weighted by molar-refractivity contribution is -0.250. The summed E-state index contributed by atoms with van der Waals surface area (Å²) in [7, 11) is 2.58. The molecule has 0 atom stereocenters. The van der Waals surface area contributed by atoms with Gasteiger partial charge in [0.1, 0.15) is 0 Å². The summed E-state index contributed by atoms with van der Waals surface area (Å²) in [6.45, 7) is 8.89. The Balaban J connectivity index is 0. The molecule has 6 heteroatoms. The summed E-state index contributed by atoms with van der Waals surface area (Å²) in [5.74, 6) is -0.927. The van der Waals surface area contributed by atoms with Crippen molar-refractivity contribution in [3.8, 4) is 0 Å². The molecule has 0 aliphatic carbocycles. The van der Waals surface area contributed by atoms with Gasteiger partial charge in [-0.15, -0.1) is 0 Å². The molecule has 19 heavy (non-hydrogen) atoms. The zero-order valence-corrected chi connectivity index (χ0v) is 12.1. The highest BCUT2D eigenvalue weighted by Gasteiger charge is 2.04. The van der Waals surface area contributed by atoms with E-state index in [2.05, 4.69) is 26.1 Å². The molecule has 110 valence electrons. The summed E-state index contributed by atoms with van der Waals surface area (Å²) in [4.78, 5) is 37.9. The molecule has 0 rings (SSSR count). The highest BCUT2D eigenvalue weighted by molar-refractivity contribution is 5.87. The van der Waals surface area contributed by atoms with Crippen LogP contribution in [-0.4, -0.2) is 26.2 Å². The van der Waals surface area contributed by atoms with Crippen LogP contribution in [0.2, 0.25) is 0 Å². The minimum absolute atomic E-state index is 0.414. The quantitative estimate of drug-likeness (QED) is 0.421. The molecule has 0 N–H and O–H groups in total. The minimum atomic E-state index is -0.500. The molecule has 0 aromatic rings. The summed E-state index contributed by atoms with van der Waals surface area (Å²) in [5, 5.41) is 0. The summed E-state index contributed by atoms with van der Waals surface area (Å²) in [6.07, 6.45) is 3.19. The van der Waals surface area contributed by atoms with Crippen LogP contribution in [0.1, 0.15) is 33.6 Å². The maximum absolute atomic E-state index is 10.7. The van der Waals surface area contributed by atoms with E-state index in [1.54, 1.807) is 13.0 Å². The predicted octanol–water partition coefficient (Wildman–Crippen LogP) is 2.50. The number of rotatable bonds is 6. The average molecular weight is 274 g/mol. The Morgan fingerprint density at radius 3 is 1.89 bits per heavy atom. The predicted molar refractivity (Wildman–Crippen MR) is 69.7 cm³/mol. The van der Waals surface area contributed by atoms with E-state index in [0.29, 0.717) is 17.6 Å². The Bertz CT molecular complexity index is 319. The number of allylic oxidation sites excluding steroid dienone is 1. The van der Waals surface area contributed by atoms with Crippen LogP contribution in [0.15, 0.2) is 23.8 Å². The van der Waals surface area contributed by atoms with Crippen LogP contribution < -0.4 is 0 Å². The van der Waals surface area contributed by atoms with Gasteiger partial charge in [0.25, 0.3) is 0 Å². The van der Waals surface area contributed by atoms with E-state index in [1.807, 2.05) is 13.8 Å². The van der Waals surface area contributed by atoms with Gasteiger partial charge in [-0.05, 0) is 19.8 Å². The number of hydrogen-bond acceptors (Lipinski definition) is 6. The van der Waals surface area contributed by atoms with Crippen LogP contribution in [0.5, 0.6) is 0 Å². The Morgan fingerprint density at radius 2 is 1.53 bits per heavy atom. The van der Waals surface area contributed by atoms with Crippen molar-refractivity contribution >= 4 is 11.9 Å². The maximum atomic E-state index is 10.7. The van der Waals surface area contributed by atoms with Crippen LogP contribution in [-0.2, 0) is 29.1 Å². The third-order valence-corrected chi connectivity index (χ3v) is 1.87. The van der Waals surface area contributed by atoms with Crippen molar-refractivity contribution in [2.45, 2.75) is 33.6 Å². The summed E-state index contributed by atoms with van der Waals surface area (Å²) < 4.78 is 0. The van der Waals surface area contributed by atoms with E-state index in [1.165, 1.54) is 14.2 Å². The first-order chi connectivity index (χ1) is 8.94. The first kappa shape index (κ1) is 19.7. The van der Waals surface area contributed by atoms with Gasteiger partial charge in [-0.1, -0.05) is 26.5 Å². The van der Waals surface area contributed by atoms with E-state index in [-0.39, 0.29) is 0 Å². The highest BCUT2D eigenvalue weighted by atomic mass is 17.2. The van der Waals surface area contributed by atoms with Crippen molar-refractivity contribution in [2.24, 2.45) is 0 Å². The highest BCUT2D eigenvalue weighted by Crippen LogP contribution is 1.98. The Kier molecular flexibility index (Phi) is 13.2. The van der Waals surface area contributed by atoms with E-state index in [4.69, 9.17) is 0 Å². The molecule has 6 nitrogen and oxygen atoms in total. The van der Waals surface area contributed by atoms with E-state index in [0.717, 1.165) is 6.42 Å². The fraction of sp³-hybridized carbons (Fsp3) is 0.538. The molecule has 0 radical (unpaired) electrons. The molecule has 0 heterocycles. The van der Waals surface area contributed by atoms with Gasteiger partial charge >= 0.3 is 11.9 Å². The van der Waals surface area contributed by atoms with Crippen molar-refractivity contribution < 1.29 is 29.1 Å². The molecular weight excluding hydrogens is 252 g/mol. The molecule has 0 aliphatic heterocycles. The molecule has 0 saturated heterocycles. The average Bonchev–Trinajstić information content (AvgIpc) is 2.39. The second kappa shape index (κ2) is 12.8. The van der Waals surface area contributed by atoms with Crippen LogP contribution in [0.25, 0.3) is 0 Å². The second-order valence-electron chi connectivity index (χ2n) is 3.33. The van der Waals surface area contributed by atoms with E-state index in [9.17, 15) is 9.59 Å². The fourth-order valence-corrected chi connectivity index (χ4v) is 0.810. The van der Waals surface area contributed by atoms with Crippen LogP contribution in [0, 0.1) is 0 Å². The van der Waals surface area contributed by atoms with Gasteiger partial charge in [0, 0.05) is 11.1 Å². The van der Waals surface area contributed by atoms with E-state index < -0.39 is 11.9 Å². The third-order valence-electron chi connectivity index (χ3n) is 1.87. The number of hydrogen-bond donors (Lipinski definition) is 0. The number of carbonyl (C=O) groups is 2. The third kappa shape index (κ3) is 11.2. The molecule has 0 aliphatic rings. The molecule has 0 aromatic carbocycles. The standard InChI is InChI=1S/C7H12O3.C6H10O3/c1-4-5-6(2)7(8)10-9-3;1-4-5(2)6(7)9-8-3/h5H,4H2,1-3H3;2,4H2,1,3H3. The minimum Gasteiger partial charge on any atom is -0.294 e. The molecule has 0 bridgehead atoms. The van der Waals surface area contributed by atoms with Gasteiger partial charge in [-0.25, -0.2) is 9.59 Å². The zero-order valence-electron chi connectivity index (χ0n) is 12.1. The zero-order chi connectivity index (χ0) is 15.3. The molecule has 0 spiro atoms. The van der Waals surface area contributed by atoms with Crippen molar-refractivity contribution in [2.75, 3.05) is 14.2 Å². The van der Waals surface area contributed by atoms with Gasteiger partial charge < -0.3 is 0 Å². The first-order valence-corrected chi connectivity index (χ1v) is 5.78. The lowest BCUT2D eigenvalue weighted by atomic mass is 10.2. The molecular formula is C13H22O6. The lowest BCUT2D eigenvalue weighted by Gasteiger charge is -1.97. The van der Waals surface area contributed by atoms with Crippen LogP contribution in [0.3, 0.4) is 0 Å². The van der Waals surface area contributed by atoms with Crippen LogP contribution >= 0.6 is 0 Å². The van der Waals surface area contributed by atoms with Crippen molar-refractivity contribution in [3.05, 3.63) is 23.8 Å². The lowest BCUT2D eigenvalue weighted by Crippen LogP contribution is -2.04.